The van der Waals surface area contributed by atoms with E-state index in [9.17, 15) is 8.42 Å². The molecule has 0 aliphatic carbocycles. The highest BCUT2D eigenvalue weighted by molar-refractivity contribution is 7.89. The summed E-state index contributed by atoms with van der Waals surface area (Å²) in [5, 5.41) is 5.11. The molecule has 0 aliphatic heterocycles. The fourth-order valence-corrected chi connectivity index (χ4v) is 2.90. The Morgan fingerprint density at radius 3 is 2.40 bits per heavy atom. The summed E-state index contributed by atoms with van der Waals surface area (Å²) in [6.07, 6.45) is 0. The molecular formula is C14H23NO4S. The number of hydrogen-bond donors (Lipinski definition) is 1. The quantitative estimate of drug-likeness (QED) is 0.835. The summed E-state index contributed by atoms with van der Waals surface area (Å²) in [4.78, 5) is 0. The van der Waals surface area contributed by atoms with E-state index in [1.807, 2.05) is 39.0 Å². The first kappa shape index (κ1) is 16.8. The van der Waals surface area contributed by atoms with Crippen LogP contribution in [-0.2, 0) is 10.0 Å². The maximum absolute atomic E-state index is 11.2. The molecular weight excluding hydrogens is 278 g/mol. The molecule has 0 bridgehead atoms. The average Bonchev–Trinajstić information content (AvgIpc) is 2.33. The third-order valence-corrected chi connectivity index (χ3v) is 4.05. The summed E-state index contributed by atoms with van der Waals surface area (Å²) < 4.78 is 33.4. The number of hydrogen-bond acceptors (Lipinski definition) is 4. The van der Waals surface area contributed by atoms with Gasteiger partial charge in [-0.25, -0.2) is 13.6 Å². The summed E-state index contributed by atoms with van der Waals surface area (Å²) >= 11 is 0. The van der Waals surface area contributed by atoms with Crippen molar-refractivity contribution in [3.8, 4) is 11.5 Å². The Balaban J connectivity index is 2.77. The van der Waals surface area contributed by atoms with Gasteiger partial charge in [0, 0.05) is 5.92 Å². The van der Waals surface area contributed by atoms with Crippen LogP contribution in [0.2, 0.25) is 0 Å². The van der Waals surface area contributed by atoms with E-state index in [-0.39, 0.29) is 24.2 Å². The molecule has 0 amide bonds. The number of nitrogens with two attached hydrogens (primary N) is 1. The molecule has 1 rings (SSSR count). The summed E-state index contributed by atoms with van der Waals surface area (Å²) in [7, 11) is -1.93. The molecule has 1 aromatic rings. The van der Waals surface area contributed by atoms with Gasteiger partial charge in [-0.05, 0) is 30.5 Å². The minimum Gasteiger partial charge on any atom is -0.493 e. The van der Waals surface area contributed by atoms with Gasteiger partial charge in [0.25, 0.3) is 0 Å². The van der Waals surface area contributed by atoms with Crippen molar-refractivity contribution in [1.82, 2.24) is 0 Å². The topological polar surface area (TPSA) is 78.6 Å². The van der Waals surface area contributed by atoms with Crippen LogP contribution in [0.5, 0.6) is 11.5 Å². The number of benzene rings is 1. The van der Waals surface area contributed by atoms with Gasteiger partial charge >= 0.3 is 0 Å². The van der Waals surface area contributed by atoms with Crippen molar-refractivity contribution < 1.29 is 17.9 Å². The Labute approximate surface area is 121 Å². The lowest BCUT2D eigenvalue weighted by atomic mass is 9.99. The third kappa shape index (κ3) is 5.38. The molecule has 0 fully saturated rings. The van der Waals surface area contributed by atoms with Crippen LogP contribution < -0.4 is 14.6 Å². The van der Waals surface area contributed by atoms with E-state index in [2.05, 4.69) is 0 Å². The molecule has 0 saturated heterocycles. The second-order valence-corrected chi connectivity index (χ2v) is 6.96. The van der Waals surface area contributed by atoms with Crippen molar-refractivity contribution in [3.05, 3.63) is 23.8 Å². The first-order valence-corrected chi connectivity index (χ1v) is 8.22. The molecule has 0 heterocycles. The molecule has 114 valence electrons. The van der Waals surface area contributed by atoms with Crippen molar-refractivity contribution in [3.63, 3.8) is 0 Å². The van der Waals surface area contributed by atoms with Crippen molar-refractivity contribution in [2.75, 3.05) is 19.5 Å². The second kappa shape index (κ2) is 6.95. The summed E-state index contributed by atoms with van der Waals surface area (Å²) in [6.45, 7) is 6.15. The van der Waals surface area contributed by atoms with E-state index in [1.165, 1.54) is 0 Å². The maximum Gasteiger partial charge on any atom is 0.209 e. The highest BCUT2D eigenvalue weighted by atomic mass is 32.2. The lowest BCUT2D eigenvalue weighted by Crippen LogP contribution is -2.30. The number of methoxy groups -OCH3 is 1. The maximum atomic E-state index is 11.2. The van der Waals surface area contributed by atoms with E-state index < -0.39 is 10.0 Å². The Morgan fingerprint density at radius 1 is 1.25 bits per heavy atom. The minimum absolute atomic E-state index is 0.0845. The molecule has 0 saturated carbocycles. The van der Waals surface area contributed by atoms with Crippen LogP contribution in [0.3, 0.4) is 0 Å². The predicted octanol–water partition coefficient (Wildman–Crippen LogP) is 1.94. The van der Waals surface area contributed by atoms with Crippen LogP contribution in [0.4, 0.5) is 0 Å². The molecule has 1 aromatic carbocycles. The molecule has 0 aromatic heterocycles. The molecule has 6 heteroatoms. The standard InChI is InChI=1S/C14H23NO4S/c1-10(2)12(9-20(15,16)17)8-19-13-6-5-11(3)7-14(13)18-4/h5-7,10,12H,8-9H2,1-4H3,(H2,15,16,17). The van der Waals surface area contributed by atoms with Crippen LogP contribution in [0.25, 0.3) is 0 Å². The van der Waals surface area contributed by atoms with Crippen molar-refractivity contribution in [2.24, 2.45) is 17.0 Å². The van der Waals surface area contributed by atoms with E-state index >= 15 is 0 Å². The molecule has 5 nitrogen and oxygen atoms in total. The number of primary sulfonamides is 1. The zero-order valence-corrected chi connectivity index (χ0v) is 13.2. The number of sulfonamides is 1. The lowest BCUT2D eigenvalue weighted by molar-refractivity contribution is 0.216. The van der Waals surface area contributed by atoms with Crippen LogP contribution in [-0.4, -0.2) is 27.9 Å². The number of aryl methyl sites for hydroxylation is 1. The van der Waals surface area contributed by atoms with Crippen LogP contribution in [0.1, 0.15) is 19.4 Å². The smallest absolute Gasteiger partial charge is 0.209 e. The predicted molar refractivity (Wildman–Crippen MR) is 79.5 cm³/mol. The first-order valence-electron chi connectivity index (χ1n) is 6.51. The van der Waals surface area contributed by atoms with Gasteiger partial charge in [-0.1, -0.05) is 19.9 Å². The van der Waals surface area contributed by atoms with Gasteiger partial charge in [0.2, 0.25) is 10.0 Å². The molecule has 0 radical (unpaired) electrons. The molecule has 20 heavy (non-hydrogen) atoms. The average molecular weight is 301 g/mol. The summed E-state index contributed by atoms with van der Waals surface area (Å²) in [5.41, 5.74) is 1.07. The fourth-order valence-electron chi connectivity index (χ4n) is 1.82. The van der Waals surface area contributed by atoms with Gasteiger partial charge in [-0.3, -0.25) is 0 Å². The number of ether oxygens (including phenoxy) is 2. The van der Waals surface area contributed by atoms with Crippen molar-refractivity contribution >= 4 is 10.0 Å². The van der Waals surface area contributed by atoms with E-state index in [4.69, 9.17) is 14.6 Å². The first-order chi connectivity index (χ1) is 9.23. The van der Waals surface area contributed by atoms with Gasteiger partial charge in [-0.2, -0.15) is 0 Å². The molecule has 1 atom stereocenters. The summed E-state index contributed by atoms with van der Waals surface area (Å²) in [5.74, 6) is 1.17. The normalized spacial score (nSPS) is 13.3. The van der Waals surface area contributed by atoms with E-state index in [0.29, 0.717) is 11.5 Å². The van der Waals surface area contributed by atoms with Gasteiger partial charge in [-0.15, -0.1) is 0 Å². The van der Waals surface area contributed by atoms with Crippen molar-refractivity contribution in [2.45, 2.75) is 20.8 Å². The lowest BCUT2D eigenvalue weighted by Gasteiger charge is -2.21. The Morgan fingerprint density at radius 2 is 1.90 bits per heavy atom. The third-order valence-electron chi connectivity index (χ3n) is 3.16. The highest BCUT2D eigenvalue weighted by Crippen LogP contribution is 2.28. The van der Waals surface area contributed by atoms with E-state index in [1.54, 1.807) is 7.11 Å². The zero-order valence-electron chi connectivity index (χ0n) is 12.4. The molecule has 0 spiro atoms. The van der Waals surface area contributed by atoms with Gasteiger partial charge in [0.1, 0.15) is 0 Å². The van der Waals surface area contributed by atoms with Crippen molar-refractivity contribution in [1.29, 1.82) is 0 Å². The minimum atomic E-state index is -3.51. The van der Waals surface area contributed by atoms with Crippen LogP contribution >= 0.6 is 0 Å². The molecule has 0 aliphatic rings. The Bertz CT molecular complexity index is 540. The zero-order chi connectivity index (χ0) is 15.3. The van der Waals surface area contributed by atoms with Crippen LogP contribution in [0, 0.1) is 18.8 Å². The number of rotatable bonds is 7. The molecule has 2 N–H and O–H groups in total. The van der Waals surface area contributed by atoms with Gasteiger partial charge < -0.3 is 9.47 Å². The second-order valence-electron chi connectivity index (χ2n) is 5.30. The van der Waals surface area contributed by atoms with Gasteiger partial charge in [0.15, 0.2) is 11.5 Å². The van der Waals surface area contributed by atoms with Crippen LogP contribution in [0.15, 0.2) is 18.2 Å². The Kier molecular flexibility index (Phi) is 5.83. The molecule has 1 unspecified atom stereocenters. The monoisotopic (exact) mass is 301 g/mol. The Hall–Kier alpha value is -1.27. The fraction of sp³-hybridized carbons (Fsp3) is 0.571. The largest absolute Gasteiger partial charge is 0.493 e. The van der Waals surface area contributed by atoms with Gasteiger partial charge in [0.05, 0.1) is 19.5 Å². The van der Waals surface area contributed by atoms with E-state index in [0.717, 1.165) is 5.56 Å². The SMILES string of the molecule is COc1cc(C)ccc1OCC(CS(N)(=O)=O)C(C)C. The highest BCUT2D eigenvalue weighted by Gasteiger charge is 2.20. The summed E-state index contributed by atoms with van der Waals surface area (Å²) in [6, 6.07) is 5.61.